The van der Waals surface area contributed by atoms with Crippen molar-refractivity contribution < 1.29 is 28.2 Å². The molecule has 3 aromatic rings. The van der Waals surface area contributed by atoms with Crippen molar-refractivity contribution in [2.75, 3.05) is 38.8 Å². The summed E-state index contributed by atoms with van der Waals surface area (Å²) < 4.78 is 30.5. The highest BCUT2D eigenvalue weighted by Gasteiger charge is 2.33. The molecule has 0 unspecified atom stereocenters. The smallest absolute Gasteiger partial charge is 0.266 e. The SMILES string of the molecule is CCOc1cc(/C=C2\SC(=Nc3ccccc3)N(CCCOC)C2=O)c(Br)cc1OCC(=O)Nc1ccc(F)cc1. The Morgan fingerprint density at radius 1 is 1.10 bits per heavy atom. The number of carbonyl (C=O) groups excluding carboxylic acids is 2. The van der Waals surface area contributed by atoms with Crippen molar-refractivity contribution in [2.45, 2.75) is 13.3 Å². The number of anilines is 1. The monoisotopic (exact) mass is 641 g/mol. The van der Waals surface area contributed by atoms with Gasteiger partial charge in [0, 0.05) is 30.4 Å². The van der Waals surface area contributed by atoms with Gasteiger partial charge in [-0.2, -0.15) is 0 Å². The minimum absolute atomic E-state index is 0.150. The fourth-order valence-corrected chi connectivity index (χ4v) is 5.28. The number of aliphatic imine (C=N–C) groups is 1. The highest BCUT2D eigenvalue weighted by Crippen LogP contribution is 2.39. The molecule has 1 aliphatic rings. The second kappa shape index (κ2) is 14.8. The molecule has 1 N–H and O–H groups in total. The minimum Gasteiger partial charge on any atom is -0.490 e. The zero-order chi connectivity index (χ0) is 29.2. The maximum absolute atomic E-state index is 13.4. The predicted molar refractivity (Wildman–Crippen MR) is 163 cm³/mol. The Kier molecular flexibility index (Phi) is 10.9. The van der Waals surface area contributed by atoms with Gasteiger partial charge >= 0.3 is 0 Å². The number of thioether (sulfide) groups is 1. The Bertz CT molecular complexity index is 1430. The van der Waals surface area contributed by atoms with Crippen molar-refractivity contribution in [3.63, 3.8) is 0 Å². The van der Waals surface area contributed by atoms with E-state index in [1.165, 1.54) is 36.0 Å². The third-order valence-electron chi connectivity index (χ3n) is 5.74. The van der Waals surface area contributed by atoms with Crippen molar-refractivity contribution in [2.24, 2.45) is 4.99 Å². The van der Waals surface area contributed by atoms with E-state index in [4.69, 9.17) is 19.2 Å². The number of methoxy groups -OCH3 is 1. The van der Waals surface area contributed by atoms with E-state index in [2.05, 4.69) is 21.2 Å². The molecule has 0 aromatic heterocycles. The standard InChI is InChI=1S/C30H29BrFN3O5S/c1-3-39-25-16-20(24(31)18-26(25)40-19-28(36)33-23-12-10-21(32)11-13-23)17-27-29(37)35(14-7-15-38-2)30(41-27)34-22-8-5-4-6-9-22/h4-6,8-13,16-18H,3,7,14-15,19H2,1-2H3,(H,33,36)/b27-17-,34-30?. The van der Waals surface area contributed by atoms with E-state index in [1.54, 1.807) is 30.2 Å². The van der Waals surface area contributed by atoms with Gasteiger partial charge in [0.25, 0.3) is 11.8 Å². The predicted octanol–water partition coefficient (Wildman–Crippen LogP) is 6.64. The number of halogens is 2. The molecule has 1 fully saturated rings. The average Bonchev–Trinajstić information content (AvgIpc) is 3.25. The van der Waals surface area contributed by atoms with Gasteiger partial charge in [0.2, 0.25) is 0 Å². The molecular formula is C30H29BrFN3O5S. The van der Waals surface area contributed by atoms with Crippen LogP contribution in [0.1, 0.15) is 18.9 Å². The maximum Gasteiger partial charge on any atom is 0.266 e. The van der Waals surface area contributed by atoms with Crippen molar-refractivity contribution in [1.29, 1.82) is 0 Å². The van der Waals surface area contributed by atoms with E-state index in [1.807, 2.05) is 37.3 Å². The number of amidine groups is 1. The summed E-state index contributed by atoms with van der Waals surface area (Å²) in [5.74, 6) is -0.177. The van der Waals surface area contributed by atoms with Gasteiger partial charge in [-0.25, -0.2) is 9.38 Å². The van der Waals surface area contributed by atoms with E-state index >= 15 is 0 Å². The quantitative estimate of drug-likeness (QED) is 0.176. The Morgan fingerprint density at radius 2 is 1.83 bits per heavy atom. The maximum atomic E-state index is 13.4. The molecule has 3 aromatic carbocycles. The summed E-state index contributed by atoms with van der Waals surface area (Å²) in [6.07, 6.45) is 2.45. The molecule has 0 atom stereocenters. The third kappa shape index (κ3) is 8.42. The van der Waals surface area contributed by atoms with Gasteiger partial charge in [0.1, 0.15) is 5.82 Å². The van der Waals surface area contributed by atoms with E-state index in [-0.39, 0.29) is 12.5 Å². The number of nitrogens with zero attached hydrogens (tertiary/aromatic N) is 2. The normalized spacial score (nSPS) is 15.0. The van der Waals surface area contributed by atoms with E-state index < -0.39 is 11.7 Å². The topological polar surface area (TPSA) is 89.5 Å². The first kappa shape index (κ1) is 30.3. The summed E-state index contributed by atoms with van der Waals surface area (Å²) in [6, 6.07) is 18.4. The Hall–Kier alpha value is -3.67. The number of hydrogen-bond donors (Lipinski definition) is 1. The van der Waals surface area contributed by atoms with Crippen LogP contribution in [-0.4, -0.2) is 55.4 Å². The van der Waals surface area contributed by atoms with Crippen LogP contribution in [0.3, 0.4) is 0 Å². The lowest BCUT2D eigenvalue weighted by molar-refractivity contribution is -0.122. The fourth-order valence-electron chi connectivity index (χ4n) is 3.83. The van der Waals surface area contributed by atoms with Gasteiger partial charge in [0.15, 0.2) is 23.3 Å². The van der Waals surface area contributed by atoms with Crippen molar-refractivity contribution in [3.05, 3.63) is 87.5 Å². The van der Waals surface area contributed by atoms with Gasteiger partial charge in [0.05, 0.1) is 17.2 Å². The Balaban J connectivity index is 1.54. The van der Waals surface area contributed by atoms with Crippen LogP contribution in [0.25, 0.3) is 6.08 Å². The molecule has 0 aliphatic carbocycles. The van der Waals surface area contributed by atoms with E-state index in [9.17, 15) is 14.0 Å². The molecule has 0 radical (unpaired) electrons. The number of rotatable bonds is 12. The number of nitrogens with one attached hydrogen (secondary N) is 1. The van der Waals surface area contributed by atoms with Crippen LogP contribution >= 0.6 is 27.7 Å². The van der Waals surface area contributed by atoms with Crippen LogP contribution in [0.4, 0.5) is 15.8 Å². The van der Waals surface area contributed by atoms with Gasteiger partial charge in [-0.15, -0.1) is 0 Å². The molecule has 1 saturated heterocycles. The second-order valence-electron chi connectivity index (χ2n) is 8.74. The first-order valence-corrected chi connectivity index (χ1v) is 14.5. The van der Waals surface area contributed by atoms with Crippen LogP contribution in [-0.2, 0) is 14.3 Å². The van der Waals surface area contributed by atoms with Crippen LogP contribution in [0.2, 0.25) is 0 Å². The summed E-state index contributed by atoms with van der Waals surface area (Å²) in [4.78, 5) is 32.7. The highest BCUT2D eigenvalue weighted by molar-refractivity contribution is 9.10. The summed E-state index contributed by atoms with van der Waals surface area (Å²) >= 11 is 4.87. The zero-order valence-electron chi connectivity index (χ0n) is 22.6. The molecule has 0 spiro atoms. The number of ether oxygens (including phenoxy) is 3. The molecule has 2 amide bonds. The number of carbonyl (C=O) groups is 2. The second-order valence-corrected chi connectivity index (χ2v) is 10.6. The van der Waals surface area contributed by atoms with Crippen LogP contribution in [0, 0.1) is 5.82 Å². The van der Waals surface area contributed by atoms with Crippen molar-refractivity contribution in [3.8, 4) is 11.5 Å². The highest BCUT2D eigenvalue weighted by atomic mass is 79.9. The summed E-state index contributed by atoms with van der Waals surface area (Å²) in [7, 11) is 1.63. The Morgan fingerprint density at radius 3 is 2.54 bits per heavy atom. The van der Waals surface area contributed by atoms with E-state index in [0.29, 0.717) is 63.5 Å². The number of para-hydroxylation sites is 1. The lowest BCUT2D eigenvalue weighted by Crippen LogP contribution is -2.30. The number of amides is 2. The van der Waals surface area contributed by atoms with Gasteiger partial charge in [-0.05, 0) is 85.3 Å². The summed E-state index contributed by atoms with van der Waals surface area (Å²) in [5.41, 5.74) is 1.91. The molecule has 41 heavy (non-hydrogen) atoms. The first-order valence-electron chi connectivity index (χ1n) is 12.9. The number of benzene rings is 3. The minimum atomic E-state index is -0.409. The third-order valence-corrected chi connectivity index (χ3v) is 7.43. The molecule has 8 nitrogen and oxygen atoms in total. The van der Waals surface area contributed by atoms with Crippen LogP contribution < -0.4 is 14.8 Å². The lowest BCUT2D eigenvalue weighted by Gasteiger charge is -2.15. The Labute approximate surface area is 250 Å². The fraction of sp³-hybridized carbons (Fsp3) is 0.233. The van der Waals surface area contributed by atoms with E-state index in [0.717, 1.165) is 5.69 Å². The lowest BCUT2D eigenvalue weighted by atomic mass is 10.1. The van der Waals surface area contributed by atoms with Crippen LogP contribution in [0.15, 0.2) is 81.1 Å². The molecule has 0 saturated carbocycles. The first-order chi connectivity index (χ1) is 19.9. The van der Waals surface area contributed by atoms with Gasteiger partial charge < -0.3 is 19.5 Å². The molecule has 11 heteroatoms. The largest absolute Gasteiger partial charge is 0.490 e. The molecule has 1 aliphatic heterocycles. The van der Waals surface area contributed by atoms with Gasteiger partial charge in [-0.3, -0.25) is 14.5 Å². The number of hydrogen-bond acceptors (Lipinski definition) is 7. The summed E-state index contributed by atoms with van der Waals surface area (Å²) in [5, 5.41) is 3.25. The van der Waals surface area contributed by atoms with Crippen molar-refractivity contribution in [1.82, 2.24) is 4.90 Å². The summed E-state index contributed by atoms with van der Waals surface area (Å²) in [6.45, 7) is 2.92. The zero-order valence-corrected chi connectivity index (χ0v) is 25.0. The van der Waals surface area contributed by atoms with Crippen molar-refractivity contribution >= 4 is 62.1 Å². The van der Waals surface area contributed by atoms with Gasteiger partial charge in [-0.1, -0.05) is 34.1 Å². The molecule has 1 heterocycles. The molecule has 214 valence electrons. The van der Waals surface area contributed by atoms with Crippen LogP contribution in [0.5, 0.6) is 11.5 Å². The molecular weight excluding hydrogens is 613 g/mol. The average molecular weight is 643 g/mol. The molecule has 0 bridgehead atoms. The molecule has 4 rings (SSSR count).